The van der Waals surface area contributed by atoms with Crippen molar-refractivity contribution < 1.29 is 14.6 Å². The molecule has 0 aliphatic carbocycles. The van der Waals surface area contributed by atoms with E-state index in [4.69, 9.17) is 5.11 Å². The topological polar surface area (TPSA) is 46.5 Å². The van der Waals surface area contributed by atoms with Crippen molar-refractivity contribution in [2.45, 2.75) is 0 Å². The summed E-state index contributed by atoms with van der Waals surface area (Å²) >= 11 is 0. The molecule has 0 bridgehead atoms. The fourth-order valence-electron chi connectivity index (χ4n) is 0.206. The van der Waals surface area contributed by atoms with E-state index in [1.807, 2.05) is 0 Å². The molecular weight excluding hydrogens is 120 g/mol. The van der Waals surface area contributed by atoms with Gasteiger partial charge in [0.1, 0.15) is 0 Å². The van der Waals surface area contributed by atoms with Crippen LogP contribution in [0.1, 0.15) is 0 Å². The summed E-state index contributed by atoms with van der Waals surface area (Å²) in [7, 11) is 0. The highest BCUT2D eigenvalue weighted by Gasteiger charge is 1.86. The quantitative estimate of drug-likeness (QED) is 0.336. The summed E-state index contributed by atoms with van der Waals surface area (Å²) < 4.78 is 4.33. The van der Waals surface area contributed by atoms with Crippen LogP contribution in [0.2, 0.25) is 0 Å². The molecule has 0 amide bonds. The lowest BCUT2D eigenvalue weighted by atomic mass is 10.6. The van der Waals surface area contributed by atoms with E-state index in [9.17, 15) is 4.79 Å². The van der Waals surface area contributed by atoms with Crippen LogP contribution >= 0.6 is 0 Å². The molecule has 0 spiro atoms. The highest BCUT2D eigenvalue weighted by Crippen LogP contribution is 1.79. The van der Waals surface area contributed by atoms with Crippen molar-refractivity contribution in [1.82, 2.24) is 0 Å². The summed E-state index contributed by atoms with van der Waals surface area (Å²) in [6.07, 6.45) is 3.47. The van der Waals surface area contributed by atoms with Crippen molar-refractivity contribution in [1.29, 1.82) is 0 Å². The molecule has 0 fully saturated rings. The molecule has 0 rings (SSSR count). The minimum absolute atomic E-state index is 0.135. The third-order valence-electron chi connectivity index (χ3n) is 0.552. The van der Waals surface area contributed by atoms with Gasteiger partial charge in [0.25, 0.3) is 0 Å². The van der Waals surface area contributed by atoms with Gasteiger partial charge in [-0.3, -0.25) is 0 Å². The van der Waals surface area contributed by atoms with Gasteiger partial charge in [-0.2, -0.15) is 0 Å². The average molecular weight is 128 g/mol. The molecule has 1 N–H and O–H groups in total. The summed E-state index contributed by atoms with van der Waals surface area (Å²) in [6, 6.07) is 0. The van der Waals surface area contributed by atoms with Gasteiger partial charge in [0.15, 0.2) is 0 Å². The summed E-state index contributed by atoms with van der Waals surface area (Å²) in [6.45, 7) is 3.03. The fourth-order valence-corrected chi connectivity index (χ4v) is 0.206. The van der Waals surface area contributed by atoms with Crippen molar-refractivity contribution in [2.75, 3.05) is 6.61 Å². The molecule has 0 saturated heterocycles. The lowest BCUT2D eigenvalue weighted by molar-refractivity contribution is -0.132. The molecule has 0 aromatic carbocycles. The molecule has 50 valence electrons. The first kappa shape index (κ1) is 7.91. The van der Waals surface area contributed by atoms with Crippen LogP contribution in [0.15, 0.2) is 25.0 Å². The van der Waals surface area contributed by atoms with Crippen molar-refractivity contribution in [3.8, 4) is 0 Å². The minimum atomic E-state index is -0.528. The lowest BCUT2D eigenvalue weighted by Crippen LogP contribution is -1.92. The van der Waals surface area contributed by atoms with E-state index in [1.165, 1.54) is 6.08 Å². The van der Waals surface area contributed by atoms with Crippen molar-refractivity contribution in [3.05, 3.63) is 25.0 Å². The normalized spacial score (nSPS) is 9.44. The third kappa shape index (κ3) is 4.77. The summed E-state index contributed by atoms with van der Waals surface area (Å²) in [5.74, 6) is -0.528. The minimum Gasteiger partial charge on any atom is -0.432 e. The first-order chi connectivity index (χ1) is 4.31. The van der Waals surface area contributed by atoms with E-state index in [1.54, 1.807) is 0 Å². The van der Waals surface area contributed by atoms with Crippen LogP contribution in [-0.4, -0.2) is 17.7 Å². The maximum absolute atomic E-state index is 10.2. The smallest absolute Gasteiger partial charge is 0.334 e. The van der Waals surface area contributed by atoms with Gasteiger partial charge < -0.3 is 9.84 Å². The van der Waals surface area contributed by atoms with E-state index in [2.05, 4.69) is 11.3 Å². The zero-order valence-corrected chi connectivity index (χ0v) is 4.91. The third-order valence-corrected chi connectivity index (χ3v) is 0.552. The molecule has 3 nitrogen and oxygen atoms in total. The molecule has 0 aromatic rings. The van der Waals surface area contributed by atoms with E-state index in [-0.39, 0.29) is 6.61 Å². The summed E-state index contributed by atoms with van der Waals surface area (Å²) in [5, 5.41) is 8.15. The maximum Gasteiger partial charge on any atom is 0.334 e. The number of aliphatic hydroxyl groups excluding tert-OH is 1. The fraction of sp³-hybridized carbons (Fsp3) is 0.167. The Hall–Kier alpha value is -1.09. The average Bonchev–Trinajstić information content (AvgIpc) is 1.89. The van der Waals surface area contributed by atoms with Crippen molar-refractivity contribution in [3.63, 3.8) is 0 Å². The molecule has 0 saturated carbocycles. The predicted molar refractivity (Wildman–Crippen MR) is 32.5 cm³/mol. The second kappa shape index (κ2) is 5.05. The van der Waals surface area contributed by atoms with Gasteiger partial charge in [-0.05, 0) is 6.08 Å². The molecule has 0 aromatic heterocycles. The van der Waals surface area contributed by atoms with Crippen LogP contribution in [0.25, 0.3) is 0 Å². The first-order valence-electron chi connectivity index (χ1n) is 2.40. The summed E-state index contributed by atoms with van der Waals surface area (Å²) in [5.41, 5.74) is 0. The van der Waals surface area contributed by atoms with Gasteiger partial charge in [0.05, 0.1) is 12.9 Å². The Morgan fingerprint density at radius 1 is 1.78 bits per heavy atom. The van der Waals surface area contributed by atoms with Crippen LogP contribution in [0.3, 0.4) is 0 Å². The van der Waals surface area contributed by atoms with E-state index >= 15 is 0 Å². The Labute approximate surface area is 53.3 Å². The zero-order valence-electron chi connectivity index (χ0n) is 4.91. The second-order valence-electron chi connectivity index (χ2n) is 1.20. The standard InChI is InChI=1S/C6H8O3/c1-2-6(8)9-5-3-4-7/h2-3,5,7H,1,4H2. The number of hydrogen-bond acceptors (Lipinski definition) is 3. The molecular formula is C6H8O3. The van der Waals surface area contributed by atoms with Crippen LogP contribution < -0.4 is 0 Å². The molecule has 0 aliphatic rings. The molecule has 3 heteroatoms. The second-order valence-corrected chi connectivity index (χ2v) is 1.20. The number of ether oxygens (including phenoxy) is 1. The Kier molecular flexibility index (Phi) is 4.44. The number of rotatable bonds is 3. The molecule has 0 atom stereocenters. The Morgan fingerprint density at radius 2 is 2.44 bits per heavy atom. The van der Waals surface area contributed by atoms with Crippen LogP contribution in [0.4, 0.5) is 0 Å². The summed E-state index contributed by atoms with van der Waals surface area (Å²) in [4.78, 5) is 10.2. The highest BCUT2D eigenvalue weighted by molar-refractivity contribution is 5.81. The number of aliphatic hydroxyl groups is 1. The van der Waals surface area contributed by atoms with Crippen LogP contribution in [0.5, 0.6) is 0 Å². The molecule has 0 aliphatic heterocycles. The largest absolute Gasteiger partial charge is 0.432 e. The van der Waals surface area contributed by atoms with Gasteiger partial charge in [0.2, 0.25) is 0 Å². The number of carbonyl (C=O) groups excluding carboxylic acids is 1. The van der Waals surface area contributed by atoms with Crippen LogP contribution in [0, 0.1) is 0 Å². The number of hydrogen-bond donors (Lipinski definition) is 1. The zero-order chi connectivity index (χ0) is 7.11. The molecule has 0 radical (unpaired) electrons. The van der Waals surface area contributed by atoms with Gasteiger partial charge >= 0.3 is 5.97 Å². The molecule has 0 unspecified atom stereocenters. The predicted octanol–water partition coefficient (Wildman–Crippen LogP) is 0.222. The SMILES string of the molecule is C=CC(=O)OC=CCO. The van der Waals surface area contributed by atoms with Gasteiger partial charge in [-0.25, -0.2) is 4.79 Å². The van der Waals surface area contributed by atoms with E-state index in [0.717, 1.165) is 12.3 Å². The first-order valence-corrected chi connectivity index (χ1v) is 2.40. The molecule has 9 heavy (non-hydrogen) atoms. The van der Waals surface area contributed by atoms with Crippen molar-refractivity contribution >= 4 is 5.97 Å². The number of carbonyl (C=O) groups is 1. The Balaban J connectivity index is 3.37. The Morgan fingerprint density at radius 3 is 2.89 bits per heavy atom. The van der Waals surface area contributed by atoms with Gasteiger partial charge in [-0.1, -0.05) is 6.58 Å². The Bertz CT molecular complexity index is 126. The highest BCUT2D eigenvalue weighted by atomic mass is 16.5. The molecule has 0 heterocycles. The lowest BCUT2D eigenvalue weighted by Gasteiger charge is -1.88. The maximum atomic E-state index is 10.2. The van der Waals surface area contributed by atoms with Crippen LogP contribution in [-0.2, 0) is 9.53 Å². The van der Waals surface area contributed by atoms with Gasteiger partial charge in [0, 0.05) is 6.08 Å². The van der Waals surface area contributed by atoms with Crippen molar-refractivity contribution in [2.24, 2.45) is 0 Å². The monoisotopic (exact) mass is 128 g/mol. The van der Waals surface area contributed by atoms with Gasteiger partial charge in [-0.15, -0.1) is 0 Å². The van der Waals surface area contributed by atoms with E-state index in [0.29, 0.717) is 0 Å². The number of esters is 1. The van der Waals surface area contributed by atoms with E-state index < -0.39 is 5.97 Å².